The molecule has 0 spiro atoms. The lowest BCUT2D eigenvalue weighted by atomic mass is 10.1. The Kier molecular flexibility index (Phi) is 6.46. The van der Waals surface area contributed by atoms with Crippen LogP contribution in [0.2, 0.25) is 0 Å². The molecule has 154 valence electrons. The van der Waals surface area contributed by atoms with Crippen LogP contribution < -0.4 is 4.74 Å². The number of non-ortho nitro benzene ring substituents is 1. The van der Waals surface area contributed by atoms with Gasteiger partial charge in [-0.2, -0.15) is 0 Å². The lowest BCUT2D eigenvalue weighted by Crippen LogP contribution is -2.60. The van der Waals surface area contributed by atoms with Crippen molar-refractivity contribution in [2.75, 3.05) is 46.4 Å². The minimum atomic E-state index is -0.600. The van der Waals surface area contributed by atoms with Gasteiger partial charge >= 0.3 is 0 Å². The number of carbonyl (C=O) groups is 1. The number of aliphatic hydroxyl groups excluding tert-OH is 1. The van der Waals surface area contributed by atoms with Gasteiger partial charge in [-0.05, 0) is 24.3 Å². The molecule has 1 saturated heterocycles. The van der Waals surface area contributed by atoms with Crippen LogP contribution in [0, 0.1) is 10.1 Å². The van der Waals surface area contributed by atoms with Crippen LogP contribution in [0.5, 0.6) is 5.75 Å². The number of nitrogens with zero attached hydrogens (tertiary/aromatic N) is 3. The monoisotopic (exact) mass is 400 g/mol. The van der Waals surface area contributed by atoms with Crippen LogP contribution in [0.1, 0.15) is 10.4 Å². The van der Waals surface area contributed by atoms with Gasteiger partial charge in [0.2, 0.25) is 0 Å². The molecule has 1 fully saturated rings. The van der Waals surface area contributed by atoms with Gasteiger partial charge in [-0.25, -0.2) is 0 Å². The Hall–Kier alpha value is -2.97. The zero-order chi connectivity index (χ0) is 20.9. The van der Waals surface area contributed by atoms with Crippen LogP contribution >= 0.6 is 0 Å². The Morgan fingerprint density at radius 1 is 1.17 bits per heavy atom. The number of ether oxygens (including phenoxy) is 1. The molecule has 0 unspecified atom stereocenters. The maximum Gasteiger partial charge on any atom is 0.269 e. The molecule has 1 aliphatic heterocycles. The van der Waals surface area contributed by atoms with E-state index < -0.39 is 11.0 Å². The first-order valence-corrected chi connectivity index (χ1v) is 9.59. The summed E-state index contributed by atoms with van der Waals surface area (Å²) in [5.74, 6) is 0.604. The summed E-state index contributed by atoms with van der Waals surface area (Å²) in [4.78, 5) is 24.7. The summed E-state index contributed by atoms with van der Waals surface area (Å²) in [5.41, 5.74) is 0.416. The van der Waals surface area contributed by atoms with Crippen LogP contribution in [0.3, 0.4) is 0 Å². The van der Waals surface area contributed by atoms with E-state index in [1.54, 1.807) is 4.90 Å². The van der Waals surface area contributed by atoms with Gasteiger partial charge in [-0.1, -0.05) is 18.2 Å². The number of nitro benzene ring substituents is 1. The second-order valence-corrected chi connectivity index (χ2v) is 7.62. The van der Waals surface area contributed by atoms with Crippen molar-refractivity contribution in [3.63, 3.8) is 0 Å². The van der Waals surface area contributed by atoms with Crippen molar-refractivity contribution in [1.82, 2.24) is 4.90 Å². The van der Waals surface area contributed by atoms with Gasteiger partial charge in [-0.3, -0.25) is 14.9 Å². The number of carbonyl (C=O) groups excluding carboxylic acids is 1. The van der Waals surface area contributed by atoms with E-state index in [0.717, 1.165) is 18.8 Å². The standard InChI is InChI=1S/C21H26N3O5/c1-24(15-19(25)16-29-20-5-3-2-4-6-20)13-11-22(12-14-24)21(26)17-7-9-18(10-8-17)23(27)28/h2-10,19,25H,11-16H2,1H3/q+1/t19-/m0/s1. The molecule has 3 rings (SSSR count). The number of hydrogen-bond donors (Lipinski definition) is 1. The molecule has 2 aromatic carbocycles. The van der Waals surface area contributed by atoms with Crippen LogP contribution in [-0.4, -0.2) is 77.8 Å². The molecule has 1 atom stereocenters. The fourth-order valence-electron chi connectivity index (χ4n) is 3.51. The van der Waals surface area contributed by atoms with E-state index in [1.807, 2.05) is 30.3 Å². The van der Waals surface area contributed by atoms with E-state index in [-0.39, 0.29) is 18.2 Å². The number of amides is 1. The summed E-state index contributed by atoms with van der Waals surface area (Å²) in [6.07, 6.45) is -0.600. The van der Waals surface area contributed by atoms with E-state index >= 15 is 0 Å². The molecule has 1 heterocycles. The minimum Gasteiger partial charge on any atom is -0.491 e. The van der Waals surface area contributed by atoms with Gasteiger partial charge in [-0.15, -0.1) is 0 Å². The molecule has 0 radical (unpaired) electrons. The zero-order valence-electron chi connectivity index (χ0n) is 16.4. The summed E-state index contributed by atoms with van der Waals surface area (Å²) >= 11 is 0. The number of piperazine rings is 1. The van der Waals surface area contributed by atoms with Crippen LogP contribution in [-0.2, 0) is 0 Å². The molecule has 1 N–H and O–H groups in total. The molecule has 0 bridgehead atoms. The Morgan fingerprint density at radius 3 is 2.38 bits per heavy atom. The quantitative estimate of drug-likeness (QED) is 0.436. The highest BCUT2D eigenvalue weighted by atomic mass is 16.6. The van der Waals surface area contributed by atoms with E-state index in [0.29, 0.717) is 29.7 Å². The Balaban J connectivity index is 1.49. The summed E-state index contributed by atoms with van der Waals surface area (Å²) in [5, 5.41) is 21.1. The number of benzene rings is 2. The van der Waals surface area contributed by atoms with Gasteiger partial charge in [0.05, 0.1) is 38.2 Å². The van der Waals surface area contributed by atoms with E-state index in [2.05, 4.69) is 7.05 Å². The van der Waals surface area contributed by atoms with Gasteiger partial charge in [0.15, 0.2) is 0 Å². The predicted molar refractivity (Wildman–Crippen MR) is 108 cm³/mol. The first-order valence-electron chi connectivity index (χ1n) is 9.59. The molecule has 0 aromatic heterocycles. The first-order chi connectivity index (χ1) is 13.9. The van der Waals surface area contributed by atoms with Gasteiger partial charge in [0.1, 0.15) is 25.0 Å². The van der Waals surface area contributed by atoms with E-state index in [9.17, 15) is 20.0 Å². The summed E-state index contributed by atoms with van der Waals surface area (Å²) in [6, 6.07) is 15.1. The third-order valence-corrected chi connectivity index (χ3v) is 5.27. The third-order valence-electron chi connectivity index (χ3n) is 5.27. The number of hydrogen-bond acceptors (Lipinski definition) is 5. The first kappa shape index (κ1) is 20.8. The normalized spacial score (nSPS) is 16.8. The van der Waals surface area contributed by atoms with Crippen molar-refractivity contribution in [1.29, 1.82) is 0 Å². The fourth-order valence-corrected chi connectivity index (χ4v) is 3.51. The molecule has 8 heteroatoms. The zero-order valence-corrected chi connectivity index (χ0v) is 16.4. The van der Waals surface area contributed by atoms with Crippen LogP contribution in [0.4, 0.5) is 5.69 Å². The topological polar surface area (TPSA) is 92.9 Å². The van der Waals surface area contributed by atoms with Gasteiger partial charge in [0, 0.05) is 17.7 Å². The molecule has 1 aliphatic rings. The lowest BCUT2D eigenvalue weighted by molar-refractivity contribution is -0.916. The number of rotatable bonds is 7. The molecule has 8 nitrogen and oxygen atoms in total. The van der Waals surface area contributed by atoms with Crippen molar-refractivity contribution >= 4 is 11.6 Å². The fraction of sp³-hybridized carbons (Fsp3) is 0.381. The highest BCUT2D eigenvalue weighted by Gasteiger charge is 2.33. The highest BCUT2D eigenvalue weighted by molar-refractivity contribution is 5.94. The number of nitro groups is 1. The number of para-hydroxylation sites is 1. The second kappa shape index (κ2) is 9.02. The van der Waals surface area contributed by atoms with Gasteiger partial charge in [0.25, 0.3) is 11.6 Å². The van der Waals surface area contributed by atoms with Crippen molar-refractivity contribution in [2.45, 2.75) is 6.10 Å². The Labute approximate surface area is 169 Å². The summed E-state index contributed by atoms with van der Waals surface area (Å²) < 4.78 is 6.28. The van der Waals surface area contributed by atoms with Crippen molar-refractivity contribution < 1.29 is 24.0 Å². The molecule has 0 saturated carbocycles. The number of quaternary nitrogens is 1. The predicted octanol–water partition coefficient (Wildman–Crippen LogP) is 1.94. The average molecular weight is 400 g/mol. The molecular formula is C21H26N3O5+. The number of aliphatic hydroxyl groups is 1. The van der Waals surface area contributed by atoms with Crippen molar-refractivity contribution in [2.24, 2.45) is 0 Å². The summed E-state index contributed by atoms with van der Waals surface area (Å²) in [6.45, 7) is 3.36. The third kappa shape index (κ3) is 5.52. The van der Waals surface area contributed by atoms with Gasteiger partial charge < -0.3 is 19.2 Å². The SMILES string of the molecule is C[N+]1(C[C@H](O)COc2ccccc2)CCN(C(=O)c2ccc([N+](=O)[O-])cc2)CC1. The molecule has 2 aromatic rings. The Bertz CT molecular complexity index is 833. The maximum atomic E-state index is 12.7. The maximum absolute atomic E-state index is 12.7. The molecule has 29 heavy (non-hydrogen) atoms. The van der Waals surface area contributed by atoms with E-state index in [4.69, 9.17) is 4.74 Å². The highest BCUT2D eigenvalue weighted by Crippen LogP contribution is 2.17. The van der Waals surface area contributed by atoms with Crippen LogP contribution in [0.15, 0.2) is 54.6 Å². The second-order valence-electron chi connectivity index (χ2n) is 7.62. The minimum absolute atomic E-state index is 0.0313. The van der Waals surface area contributed by atoms with E-state index in [1.165, 1.54) is 24.3 Å². The largest absolute Gasteiger partial charge is 0.491 e. The van der Waals surface area contributed by atoms with Crippen molar-refractivity contribution in [3.8, 4) is 5.75 Å². The van der Waals surface area contributed by atoms with Crippen LogP contribution in [0.25, 0.3) is 0 Å². The van der Waals surface area contributed by atoms with Crippen molar-refractivity contribution in [3.05, 3.63) is 70.3 Å². The smallest absolute Gasteiger partial charge is 0.269 e. The average Bonchev–Trinajstić information content (AvgIpc) is 2.73. The lowest BCUT2D eigenvalue weighted by Gasteiger charge is -2.42. The Morgan fingerprint density at radius 2 is 1.79 bits per heavy atom. The molecule has 0 aliphatic carbocycles. The molecular weight excluding hydrogens is 374 g/mol. The summed E-state index contributed by atoms with van der Waals surface area (Å²) in [7, 11) is 2.07. The molecule has 1 amide bonds. The number of likely N-dealkylation sites (N-methyl/N-ethyl adjacent to an activating group) is 1.